The maximum absolute atomic E-state index is 5.90. The maximum Gasteiger partial charge on any atom is 0.125 e. The Kier molecular flexibility index (Phi) is 4.16. The molecule has 0 fully saturated rings. The van der Waals surface area contributed by atoms with E-state index in [-0.39, 0.29) is 6.04 Å². The van der Waals surface area contributed by atoms with Crippen molar-refractivity contribution in [3.63, 3.8) is 0 Å². The van der Waals surface area contributed by atoms with E-state index in [9.17, 15) is 0 Å². The van der Waals surface area contributed by atoms with E-state index in [1.165, 1.54) is 11.3 Å². The number of thiazole rings is 1. The molecule has 0 aliphatic heterocycles. The second-order valence-corrected chi connectivity index (χ2v) is 6.04. The Labute approximate surface area is 126 Å². The zero-order chi connectivity index (χ0) is 13.8. The van der Waals surface area contributed by atoms with Gasteiger partial charge in [-0.15, -0.1) is 11.3 Å². The third-order valence-corrected chi connectivity index (χ3v) is 4.06. The molecule has 1 unspecified atom stereocenters. The molecule has 0 amide bonds. The Morgan fingerprint density at radius 3 is 2.70 bits per heavy atom. The Hall–Kier alpha value is -1.62. The second-order valence-electron chi connectivity index (χ2n) is 4.30. The minimum atomic E-state index is 0.00822. The number of furan rings is 1. The summed E-state index contributed by atoms with van der Waals surface area (Å²) in [5.41, 5.74) is 1.16. The molecule has 0 saturated heterocycles. The SMILES string of the molecule is Clc1cnc(CNC(c2ccccc2)c2ccco2)s1. The molecule has 102 valence electrons. The number of aromatic nitrogens is 1. The van der Waals surface area contributed by atoms with Crippen molar-refractivity contribution in [3.05, 3.63) is 75.6 Å². The van der Waals surface area contributed by atoms with Crippen LogP contribution in [0.1, 0.15) is 22.4 Å². The largest absolute Gasteiger partial charge is 0.467 e. The molecule has 1 N–H and O–H groups in total. The van der Waals surface area contributed by atoms with E-state index in [1.807, 2.05) is 30.3 Å². The van der Waals surface area contributed by atoms with Crippen LogP contribution in [0.25, 0.3) is 0 Å². The fourth-order valence-corrected chi connectivity index (χ4v) is 2.95. The van der Waals surface area contributed by atoms with Gasteiger partial charge in [-0.3, -0.25) is 5.32 Å². The predicted molar refractivity (Wildman–Crippen MR) is 81.0 cm³/mol. The van der Waals surface area contributed by atoms with Gasteiger partial charge < -0.3 is 4.42 Å². The molecule has 2 heterocycles. The van der Waals surface area contributed by atoms with Crippen molar-refractivity contribution >= 4 is 22.9 Å². The zero-order valence-corrected chi connectivity index (χ0v) is 12.2. The first kappa shape index (κ1) is 13.4. The summed E-state index contributed by atoms with van der Waals surface area (Å²) in [6, 6.07) is 14.1. The maximum atomic E-state index is 5.90. The van der Waals surface area contributed by atoms with Crippen LogP contribution < -0.4 is 5.32 Å². The highest BCUT2D eigenvalue weighted by atomic mass is 35.5. The van der Waals surface area contributed by atoms with Crippen LogP contribution in [0.2, 0.25) is 4.34 Å². The summed E-state index contributed by atoms with van der Waals surface area (Å²) >= 11 is 7.39. The van der Waals surface area contributed by atoms with Crippen LogP contribution in [0, 0.1) is 0 Å². The highest BCUT2D eigenvalue weighted by Crippen LogP contribution is 2.24. The Morgan fingerprint density at radius 1 is 1.20 bits per heavy atom. The van der Waals surface area contributed by atoms with Gasteiger partial charge in [-0.2, -0.15) is 0 Å². The lowest BCUT2D eigenvalue weighted by Gasteiger charge is -2.16. The van der Waals surface area contributed by atoms with Gasteiger partial charge in [-0.05, 0) is 17.7 Å². The highest BCUT2D eigenvalue weighted by Gasteiger charge is 2.16. The van der Waals surface area contributed by atoms with Crippen LogP contribution >= 0.6 is 22.9 Å². The fraction of sp³-hybridized carbons (Fsp3) is 0.133. The van der Waals surface area contributed by atoms with E-state index in [0.29, 0.717) is 10.9 Å². The lowest BCUT2D eigenvalue weighted by Crippen LogP contribution is -2.21. The normalized spacial score (nSPS) is 12.4. The molecule has 0 spiro atoms. The molecule has 3 rings (SSSR count). The van der Waals surface area contributed by atoms with Gasteiger partial charge in [0, 0.05) is 6.54 Å². The average Bonchev–Trinajstić information content (AvgIpc) is 3.12. The molecule has 0 aliphatic carbocycles. The molecule has 1 atom stereocenters. The summed E-state index contributed by atoms with van der Waals surface area (Å²) in [4.78, 5) is 4.26. The first-order valence-electron chi connectivity index (χ1n) is 6.25. The summed E-state index contributed by atoms with van der Waals surface area (Å²) in [7, 11) is 0. The Morgan fingerprint density at radius 2 is 2.05 bits per heavy atom. The van der Waals surface area contributed by atoms with Gasteiger partial charge in [0.15, 0.2) is 0 Å². The minimum Gasteiger partial charge on any atom is -0.467 e. The van der Waals surface area contributed by atoms with Crippen molar-refractivity contribution in [3.8, 4) is 0 Å². The van der Waals surface area contributed by atoms with E-state index in [1.54, 1.807) is 12.5 Å². The quantitative estimate of drug-likeness (QED) is 0.765. The number of halogens is 1. The monoisotopic (exact) mass is 304 g/mol. The van der Waals surface area contributed by atoms with Gasteiger partial charge in [0.1, 0.15) is 15.1 Å². The third-order valence-electron chi connectivity index (χ3n) is 2.94. The van der Waals surface area contributed by atoms with Crippen molar-refractivity contribution in [2.45, 2.75) is 12.6 Å². The molecular formula is C15H13ClN2OS. The van der Waals surface area contributed by atoms with Crippen LogP contribution in [0.4, 0.5) is 0 Å². The lowest BCUT2D eigenvalue weighted by molar-refractivity contribution is 0.445. The summed E-state index contributed by atoms with van der Waals surface area (Å²) in [6.45, 7) is 0.650. The zero-order valence-electron chi connectivity index (χ0n) is 10.6. The second kappa shape index (κ2) is 6.22. The van der Waals surface area contributed by atoms with Gasteiger partial charge in [0.25, 0.3) is 0 Å². The first-order valence-corrected chi connectivity index (χ1v) is 7.44. The molecule has 5 heteroatoms. The highest BCUT2D eigenvalue weighted by molar-refractivity contribution is 7.15. The number of hydrogen-bond donors (Lipinski definition) is 1. The molecule has 0 aliphatic rings. The predicted octanol–water partition coefficient (Wildman–Crippen LogP) is 4.27. The van der Waals surface area contributed by atoms with Gasteiger partial charge in [-0.25, -0.2) is 4.98 Å². The fourth-order valence-electron chi connectivity index (χ4n) is 2.04. The summed E-state index contributed by atoms with van der Waals surface area (Å²) < 4.78 is 6.24. The average molecular weight is 305 g/mol. The molecule has 2 aromatic heterocycles. The summed E-state index contributed by atoms with van der Waals surface area (Å²) in [5, 5.41) is 4.42. The van der Waals surface area contributed by atoms with Gasteiger partial charge in [0.2, 0.25) is 0 Å². The first-order chi connectivity index (χ1) is 9.83. The van der Waals surface area contributed by atoms with E-state index in [2.05, 4.69) is 22.4 Å². The van der Waals surface area contributed by atoms with Crippen LogP contribution in [-0.4, -0.2) is 4.98 Å². The molecule has 20 heavy (non-hydrogen) atoms. The smallest absolute Gasteiger partial charge is 0.125 e. The van der Waals surface area contributed by atoms with Crippen LogP contribution in [0.5, 0.6) is 0 Å². The van der Waals surface area contributed by atoms with Gasteiger partial charge >= 0.3 is 0 Å². The molecule has 1 aromatic carbocycles. The van der Waals surface area contributed by atoms with Crippen molar-refractivity contribution in [1.29, 1.82) is 0 Å². The van der Waals surface area contributed by atoms with E-state index in [0.717, 1.165) is 16.3 Å². The molecule has 0 saturated carbocycles. The van der Waals surface area contributed by atoms with Crippen molar-refractivity contribution in [1.82, 2.24) is 10.3 Å². The van der Waals surface area contributed by atoms with Crippen molar-refractivity contribution in [2.24, 2.45) is 0 Å². The van der Waals surface area contributed by atoms with Crippen LogP contribution in [-0.2, 0) is 6.54 Å². The molecular weight excluding hydrogens is 292 g/mol. The van der Waals surface area contributed by atoms with Gasteiger partial charge in [-0.1, -0.05) is 41.9 Å². The Bertz CT molecular complexity index is 652. The van der Waals surface area contributed by atoms with E-state index < -0.39 is 0 Å². The number of nitrogens with zero attached hydrogens (tertiary/aromatic N) is 1. The Balaban J connectivity index is 1.80. The molecule has 0 radical (unpaired) electrons. The third kappa shape index (κ3) is 3.10. The molecule has 0 bridgehead atoms. The number of rotatable bonds is 5. The molecule has 3 aromatic rings. The number of nitrogens with one attached hydrogen (secondary N) is 1. The van der Waals surface area contributed by atoms with E-state index in [4.69, 9.17) is 16.0 Å². The summed E-state index contributed by atoms with van der Waals surface area (Å²) in [5.74, 6) is 0.888. The van der Waals surface area contributed by atoms with Crippen molar-refractivity contribution < 1.29 is 4.42 Å². The number of benzene rings is 1. The summed E-state index contributed by atoms with van der Waals surface area (Å²) in [6.07, 6.45) is 3.36. The number of hydrogen-bond acceptors (Lipinski definition) is 4. The van der Waals surface area contributed by atoms with Crippen LogP contribution in [0.3, 0.4) is 0 Å². The lowest BCUT2D eigenvalue weighted by atomic mass is 10.0. The minimum absolute atomic E-state index is 0.00822. The molecule has 3 nitrogen and oxygen atoms in total. The standard InChI is InChI=1S/C15H13ClN2OS/c16-13-9-17-14(20-13)10-18-15(12-7-4-8-19-12)11-5-2-1-3-6-11/h1-9,15,18H,10H2. The van der Waals surface area contributed by atoms with Gasteiger partial charge in [0.05, 0.1) is 18.5 Å². The van der Waals surface area contributed by atoms with Crippen LogP contribution in [0.15, 0.2) is 59.3 Å². The van der Waals surface area contributed by atoms with E-state index >= 15 is 0 Å². The van der Waals surface area contributed by atoms with Crippen molar-refractivity contribution in [2.75, 3.05) is 0 Å². The topological polar surface area (TPSA) is 38.1 Å².